The van der Waals surface area contributed by atoms with Gasteiger partial charge in [-0.1, -0.05) is 28.1 Å². The predicted octanol–water partition coefficient (Wildman–Crippen LogP) is 2.92. The van der Waals surface area contributed by atoms with Gasteiger partial charge >= 0.3 is 0 Å². The number of benzene rings is 1. The number of aryl methyl sites for hydroxylation is 1. The summed E-state index contributed by atoms with van der Waals surface area (Å²) in [5.41, 5.74) is 7.56. The topological polar surface area (TPSA) is 52.0 Å². The summed E-state index contributed by atoms with van der Waals surface area (Å²) in [4.78, 5) is 4.13. The van der Waals surface area contributed by atoms with E-state index < -0.39 is 0 Å². The summed E-state index contributed by atoms with van der Waals surface area (Å²) in [6.07, 6.45) is 0.750. The quantitative estimate of drug-likeness (QED) is 0.910. The van der Waals surface area contributed by atoms with Gasteiger partial charge in [-0.15, -0.1) is 0 Å². The fraction of sp³-hybridized carbons (Fsp3) is 0.182. The Bertz CT molecular complexity index is 462. The van der Waals surface area contributed by atoms with Crippen molar-refractivity contribution in [3.8, 4) is 0 Å². The number of nitrogen functional groups attached to an aromatic ring is 1. The number of nitrogens with two attached hydrogens (primary N) is 1. The highest BCUT2D eigenvalue weighted by atomic mass is 79.9. The molecule has 2 rings (SSSR count). The Morgan fingerprint density at radius 1 is 1.33 bits per heavy atom. The molecule has 78 valence electrons. The Morgan fingerprint density at radius 3 is 2.53 bits per heavy atom. The van der Waals surface area contributed by atoms with Crippen LogP contribution in [0.15, 0.2) is 33.2 Å². The molecule has 15 heavy (non-hydrogen) atoms. The molecule has 1 heterocycles. The lowest BCUT2D eigenvalue weighted by Crippen LogP contribution is -1.91. The first-order chi connectivity index (χ1) is 7.15. The van der Waals surface area contributed by atoms with Gasteiger partial charge in [0.25, 0.3) is 6.01 Å². The number of rotatable bonds is 2. The zero-order valence-electron chi connectivity index (χ0n) is 8.33. The summed E-state index contributed by atoms with van der Waals surface area (Å²) in [6, 6.07) is 8.35. The summed E-state index contributed by atoms with van der Waals surface area (Å²) in [5.74, 6) is 0.787. The van der Waals surface area contributed by atoms with Crippen molar-refractivity contribution in [2.45, 2.75) is 13.3 Å². The van der Waals surface area contributed by atoms with Crippen molar-refractivity contribution < 1.29 is 4.42 Å². The average Bonchev–Trinajstić information content (AvgIpc) is 2.49. The Kier molecular flexibility index (Phi) is 2.77. The lowest BCUT2D eigenvalue weighted by atomic mass is 10.1. The standard InChI is InChI=1S/C11H11BrN2O/c1-7-10(14-11(13)15-7)6-8-2-4-9(12)5-3-8/h2-5H,6H2,1H3,(H2,13,14). The Morgan fingerprint density at radius 2 is 2.00 bits per heavy atom. The SMILES string of the molecule is Cc1oc(N)nc1Cc1ccc(Br)cc1. The number of oxazole rings is 1. The van der Waals surface area contributed by atoms with E-state index in [0.717, 1.165) is 22.3 Å². The van der Waals surface area contributed by atoms with Gasteiger partial charge in [0.1, 0.15) is 5.76 Å². The fourth-order valence-corrected chi connectivity index (χ4v) is 1.67. The van der Waals surface area contributed by atoms with E-state index in [4.69, 9.17) is 10.2 Å². The Labute approximate surface area is 96.4 Å². The van der Waals surface area contributed by atoms with Crippen LogP contribution >= 0.6 is 15.9 Å². The third kappa shape index (κ3) is 2.39. The summed E-state index contributed by atoms with van der Waals surface area (Å²) in [5, 5.41) is 0. The Hall–Kier alpha value is -1.29. The second-order valence-electron chi connectivity index (χ2n) is 3.36. The van der Waals surface area contributed by atoms with Crippen LogP contribution in [0.4, 0.5) is 6.01 Å². The van der Waals surface area contributed by atoms with Crippen LogP contribution in [0.25, 0.3) is 0 Å². The van der Waals surface area contributed by atoms with Crippen molar-refractivity contribution in [1.29, 1.82) is 0 Å². The van der Waals surface area contributed by atoms with E-state index in [1.54, 1.807) is 0 Å². The number of hydrogen-bond acceptors (Lipinski definition) is 3. The van der Waals surface area contributed by atoms with E-state index in [0.29, 0.717) is 0 Å². The maximum Gasteiger partial charge on any atom is 0.292 e. The molecule has 2 N–H and O–H groups in total. The summed E-state index contributed by atoms with van der Waals surface area (Å²) < 4.78 is 6.24. The fourth-order valence-electron chi connectivity index (χ4n) is 1.41. The predicted molar refractivity (Wildman–Crippen MR) is 62.6 cm³/mol. The van der Waals surface area contributed by atoms with Crippen LogP contribution in [-0.4, -0.2) is 4.98 Å². The van der Waals surface area contributed by atoms with Crippen LogP contribution in [0.1, 0.15) is 17.0 Å². The van der Waals surface area contributed by atoms with Crippen molar-refractivity contribution in [3.63, 3.8) is 0 Å². The van der Waals surface area contributed by atoms with Crippen LogP contribution in [0, 0.1) is 6.92 Å². The molecule has 0 fully saturated rings. The van der Waals surface area contributed by atoms with Gasteiger partial charge in [-0.05, 0) is 24.6 Å². The summed E-state index contributed by atoms with van der Waals surface area (Å²) >= 11 is 3.40. The third-order valence-corrected chi connectivity index (χ3v) is 2.72. The molecule has 0 unspecified atom stereocenters. The highest BCUT2D eigenvalue weighted by Crippen LogP contribution is 2.17. The number of anilines is 1. The minimum atomic E-state index is 0.236. The summed E-state index contributed by atoms with van der Waals surface area (Å²) in [7, 11) is 0. The van der Waals surface area contributed by atoms with Crippen LogP contribution in [-0.2, 0) is 6.42 Å². The van der Waals surface area contributed by atoms with E-state index in [1.165, 1.54) is 5.56 Å². The first-order valence-corrected chi connectivity index (χ1v) is 5.40. The van der Waals surface area contributed by atoms with Gasteiger partial charge < -0.3 is 10.2 Å². The van der Waals surface area contributed by atoms with E-state index in [9.17, 15) is 0 Å². The molecule has 0 radical (unpaired) electrons. The highest BCUT2D eigenvalue weighted by molar-refractivity contribution is 9.10. The normalized spacial score (nSPS) is 10.5. The third-order valence-electron chi connectivity index (χ3n) is 2.19. The van der Waals surface area contributed by atoms with Gasteiger partial charge in [0.05, 0.1) is 5.69 Å². The molecule has 0 aliphatic heterocycles. The molecule has 1 aromatic carbocycles. The number of hydrogen-bond donors (Lipinski definition) is 1. The number of nitrogens with zero attached hydrogens (tertiary/aromatic N) is 1. The molecule has 0 bridgehead atoms. The van der Waals surface area contributed by atoms with Crippen LogP contribution in [0.2, 0.25) is 0 Å². The first kappa shape index (κ1) is 10.2. The van der Waals surface area contributed by atoms with Gasteiger partial charge in [-0.2, -0.15) is 4.98 Å². The molecule has 4 heteroatoms. The maximum atomic E-state index is 5.47. The minimum absolute atomic E-state index is 0.236. The lowest BCUT2D eigenvalue weighted by molar-refractivity contribution is 0.545. The molecule has 0 aliphatic carbocycles. The lowest BCUT2D eigenvalue weighted by Gasteiger charge is -1.98. The highest BCUT2D eigenvalue weighted by Gasteiger charge is 2.07. The van der Waals surface area contributed by atoms with Gasteiger partial charge in [0.2, 0.25) is 0 Å². The second-order valence-corrected chi connectivity index (χ2v) is 4.27. The molecular weight excluding hydrogens is 256 g/mol. The molecule has 0 atom stereocenters. The largest absolute Gasteiger partial charge is 0.429 e. The van der Waals surface area contributed by atoms with Crippen molar-refractivity contribution in [2.24, 2.45) is 0 Å². The number of halogens is 1. The molecule has 1 aromatic heterocycles. The van der Waals surface area contributed by atoms with Gasteiger partial charge in [0.15, 0.2) is 0 Å². The van der Waals surface area contributed by atoms with Crippen molar-refractivity contribution in [1.82, 2.24) is 4.98 Å². The van der Waals surface area contributed by atoms with Crippen LogP contribution < -0.4 is 5.73 Å². The first-order valence-electron chi connectivity index (χ1n) is 4.61. The van der Waals surface area contributed by atoms with Gasteiger partial charge in [-0.3, -0.25) is 0 Å². The van der Waals surface area contributed by atoms with E-state index >= 15 is 0 Å². The summed E-state index contributed by atoms with van der Waals surface area (Å²) in [6.45, 7) is 1.87. The van der Waals surface area contributed by atoms with E-state index in [2.05, 4.69) is 20.9 Å². The molecule has 0 aliphatic rings. The molecule has 0 saturated heterocycles. The molecule has 3 nitrogen and oxygen atoms in total. The molecule has 0 saturated carbocycles. The molecular formula is C11H11BrN2O. The average molecular weight is 267 g/mol. The maximum absolute atomic E-state index is 5.47. The van der Waals surface area contributed by atoms with Crippen LogP contribution in [0.3, 0.4) is 0 Å². The smallest absolute Gasteiger partial charge is 0.292 e. The van der Waals surface area contributed by atoms with Crippen LogP contribution in [0.5, 0.6) is 0 Å². The zero-order chi connectivity index (χ0) is 10.8. The molecule has 0 spiro atoms. The minimum Gasteiger partial charge on any atom is -0.429 e. The monoisotopic (exact) mass is 266 g/mol. The number of aromatic nitrogens is 1. The Balaban J connectivity index is 2.21. The van der Waals surface area contributed by atoms with Gasteiger partial charge in [0, 0.05) is 10.9 Å². The van der Waals surface area contributed by atoms with E-state index in [-0.39, 0.29) is 6.01 Å². The van der Waals surface area contributed by atoms with E-state index in [1.807, 2.05) is 31.2 Å². The molecule has 0 amide bonds. The van der Waals surface area contributed by atoms with Crippen molar-refractivity contribution >= 4 is 21.9 Å². The molecule has 2 aromatic rings. The zero-order valence-corrected chi connectivity index (χ0v) is 9.91. The van der Waals surface area contributed by atoms with Crippen molar-refractivity contribution in [3.05, 3.63) is 45.8 Å². The van der Waals surface area contributed by atoms with Crippen molar-refractivity contribution in [2.75, 3.05) is 5.73 Å². The van der Waals surface area contributed by atoms with Gasteiger partial charge in [-0.25, -0.2) is 0 Å². The second kappa shape index (κ2) is 4.06.